The van der Waals surface area contributed by atoms with Gasteiger partial charge < -0.3 is 14.7 Å². The summed E-state index contributed by atoms with van der Waals surface area (Å²) in [6.07, 6.45) is 0.922. The van der Waals surface area contributed by atoms with E-state index in [4.69, 9.17) is 9.40 Å². The minimum absolute atomic E-state index is 0.251. The lowest BCUT2D eigenvalue weighted by Gasteiger charge is -2.19. The van der Waals surface area contributed by atoms with Gasteiger partial charge in [-0.2, -0.15) is 0 Å². The van der Waals surface area contributed by atoms with Crippen LogP contribution in [0.25, 0.3) is 33.5 Å². The van der Waals surface area contributed by atoms with E-state index in [9.17, 15) is 4.79 Å². The molecule has 6 heteroatoms. The summed E-state index contributed by atoms with van der Waals surface area (Å²) in [4.78, 5) is 20.2. The maximum atomic E-state index is 12.6. The van der Waals surface area contributed by atoms with Crippen molar-refractivity contribution >= 4 is 38.0 Å². The van der Waals surface area contributed by atoms with Crippen LogP contribution in [0.5, 0.6) is 0 Å². The Balaban J connectivity index is 1.82. The van der Waals surface area contributed by atoms with Gasteiger partial charge in [0.25, 0.3) is 5.56 Å². The van der Waals surface area contributed by atoms with Crippen LogP contribution in [-0.4, -0.2) is 16.5 Å². The first-order valence-corrected chi connectivity index (χ1v) is 8.94. The van der Waals surface area contributed by atoms with Crippen molar-refractivity contribution in [3.63, 3.8) is 0 Å². The molecule has 5 nitrogen and oxygen atoms in total. The van der Waals surface area contributed by atoms with Gasteiger partial charge >= 0.3 is 0 Å². The molecule has 25 heavy (non-hydrogen) atoms. The normalized spacial score (nSPS) is 14.1. The van der Waals surface area contributed by atoms with Crippen molar-refractivity contribution in [1.29, 1.82) is 0 Å². The summed E-state index contributed by atoms with van der Waals surface area (Å²) in [6.45, 7) is 1.77. The van der Waals surface area contributed by atoms with Gasteiger partial charge in [-0.3, -0.25) is 4.79 Å². The number of benzene rings is 2. The monoisotopic (exact) mass is 395 g/mol. The third-order valence-electron chi connectivity index (χ3n) is 4.68. The van der Waals surface area contributed by atoms with Crippen LogP contribution < -0.4 is 10.9 Å². The Hall–Kier alpha value is -2.44. The summed E-state index contributed by atoms with van der Waals surface area (Å²) in [5, 5.41) is 4.21. The van der Waals surface area contributed by atoms with Crippen LogP contribution in [0, 0.1) is 0 Å². The zero-order valence-corrected chi connectivity index (χ0v) is 14.8. The molecule has 1 aliphatic heterocycles. The predicted octanol–water partition coefficient (Wildman–Crippen LogP) is 3.74. The number of aromatic nitrogens is 2. The van der Waals surface area contributed by atoms with E-state index in [1.54, 1.807) is 0 Å². The van der Waals surface area contributed by atoms with Crippen molar-refractivity contribution in [3.05, 3.63) is 62.4 Å². The number of aromatic amines is 1. The molecular formula is C19H14BrN3O2. The first kappa shape index (κ1) is 14.9. The van der Waals surface area contributed by atoms with E-state index in [1.807, 2.05) is 30.3 Å². The quantitative estimate of drug-likeness (QED) is 0.514. The largest absolute Gasteiger partial charge is 0.449 e. The predicted molar refractivity (Wildman–Crippen MR) is 101 cm³/mol. The highest BCUT2D eigenvalue weighted by molar-refractivity contribution is 9.10. The maximum absolute atomic E-state index is 12.6. The van der Waals surface area contributed by atoms with Gasteiger partial charge in [-0.05, 0) is 42.3 Å². The summed E-state index contributed by atoms with van der Waals surface area (Å²) in [7, 11) is 0. The summed E-state index contributed by atoms with van der Waals surface area (Å²) < 4.78 is 6.63. The SMILES string of the molecule is O=c1[nH]c(-c2cccc3c2CCNC3)nc2c1oc1ccc(Br)cc12. The number of fused-ring (bicyclic) bond motifs is 4. The molecule has 0 atom stereocenters. The lowest BCUT2D eigenvalue weighted by molar-refractivity contribution is 0.644. The number of hydrogen-bond acceptors (Lipinski definition) is 4. The molecule has 0 amide bonds. The maximum Gasteiger partial charge on any atom is 0.294 e. The van der Waals surface area contributed by atoms with Gasteiger partial charge in [-0.1, -0.05) is 34.1 Å². The van der Waals surface area contributed by atoms with Crippen molar-refractivity contribution in [2.45, 2.75) is 13.0 Å². The zero-order chi connectivity index (χ0) is 17.0. The Morgan fingerprint density at radius 2 is 2.12 bits per heavy atom. The van der Waals surface area contributed by atoms with Crippen molar-refractivity contribution in [2.24, 2.45) is 0 Å². The number of hydrogen-bond donors (Lipinski definition) is 2. The minimum atomic E-state index is -0.251. The Labute approximate surface area is 151 Å². The van der Waals surface area contributed by atoms with Gasteiger partial charge in [-0.25, -0.2) is 4.98 Å². The van der Waals surface area contributed by atoms with E-state index < -0.39 is 0 Å². The smallest absolute Gasteiger partial charge is 0.294 e. The summed E-state index contributed by atoms with van der Waals surface area (Å²) >= 11 is 3.47. The highest BCUT2D eigenvalue weighted by atomic mass is 79.9. The molecule has 0 saturated carbocycles. The fourth-order valence-electron chi connectivity index (χ4n) is 3.51. The first-order valence-electron chi connectivity index (χ1n) is 8.14. The molecule has 0 saturated heterocycles. The molecule has 124 valence electrons. The van der Waals surface area contributed by atoms with E-state index in [0.717, 1.165) is 34.9 Å². The van der Waals surface area contributed by atoms with E-state index in [0.29, 0.717) is 16.9 Å². The third kappa shape index (κ3) is 2.33. The average Bonchev–Trinajstić information content (AvgIpc) is 3.00. The van der Waals surface area contributed by atoms with Gasteiger partial charge in [0.1, 0.15) is 16.9 Å². The van der Waals surface area contributed by atoms with E-state index in [-0.39, 0.29) is 11.1 Å². The molecule has 2 N–H and O–H groups in total. The van der Waals surface area contributed by atoms with Crippen LogP contribution in [0.2, 0.25) is 0 Å². The molecule has 4 aromatic rings. The fraction of sp³-hybridized carbons (Fsp3) is 0.158. The average molecular weight is 396 g/mol. The van der Waals surface area contributed by atoms with Gasteiger partial charge in [0.2, 0.25) is 5.58 Å². The minimum Gasteiger partial charge on any atom is -0.449 e. The molecule has 0 bridgehead atoms. The number of rotatable bonds is 1. The number of halogens is 1. The van der Waals surface area contributed by atoms with Crippen LogP contribution in [0.4, 0.5) is 0 Å². The Bertz CT molecular complexity index is 1190. The number of nitrogens with zero attached hydrogens (tertiary/aromatic N) is 1. The van der Waals surface area contributed by atoms with Crippen LogP contribution >= 0.6 is 15.9 Å². The lowest BCUT2D eigenvalue weighted by Crippen LogP contribution is -2.24. The number of H-pyrrole nitrogens is 1. The Morgan fingerprint density at radius 1 is 1.20 bits per heavy atom. The molecule has 0 unspecified atom stereocenters. The number of nitrogens with one attached hydrogen (secondary N) is 2. The summed E-state index contributed by atoms with van der Waals surface area (Å²) in [5.74, 6) is 0.596. The molecule has 3 heterocycles. The highest BCUT2D eigenvalue weighted by Crippen LogP contribution is 2.31. The zero-order valence-electron chi connectivity index (χ0n) is 13.2. The van der Waals surface area contributed by atoms with Crippen LogP contribution in [0.1, 0.15) is 11.1 Å². The van der Waals surface area contributed by atoms with Crippen LogP contribution in [0.3, 0.4) is 0 Å². The topological polar surface area (TPSA) is 70.9 Å². The second kappa shape index (κ2) is 5.54. The van der Waals surface area contributed by atoms with Crippen molar-refractivity contribution in [2.75, 3.05) is 6.54 Å². The summed E-state index contributed by atoms with van der Waals surface area (Å²) in [6, 6.07) is 11.8. The summed E-state index contributed by atoms with van der Waals surface area (Å²) in [5.41, 5.74) is 4.77. The fourth-order valence-corrected chi connectivity index (χ4v) is 3.87. The molecule has 2 aromatic carbocycles. The van der Waals surface area contributed by atoms with Gasteiger partial charge in [0, 0.05) is 22.0 Å². The molecule has 0 aliphatic carbocycles. The Morgan fingerprint density at radius 3 is 3.04 bits per heavy atom. The standard InChI is InChI=1S/C19H14BrN3O2/c20-11-4-5-15-14(8-11)16-17(25-15)19(24)23-18(22-16)13-3-1-2-10-9-21-7-6-12(10)13/h1-5,8,21H,6-7,9H2,(H,22,23,24). The highest BCUT2D eigenvalue weighted by Gasteiger charge is 2.18. The molecule has 0 spiro atoms. The molecule has 1 aliphatic rings. The third-order valence-corrected chi connectivity index (χ3v) is 5.17. The van der Waals surface area contributed by atoms with E-state index in [1.165, 1.54) is 11.1 Å². The molecule has 0 radical (unpaired) electrons. The van der Waals surface area contributed by atoms with Gasteiger partial charge in [0.05, 0.1) is 0 Å². The first-order chi connectivity index (χ1) is 12.2. The van der Waals surface area contributed by atoms with Crippen molar-refractivity contribution in [1.82, 2.24) is 15.3 Å². The second-order valence-corrected chi connectivity index (χ2v) is 7.12. The van der Waals surface area contributed by atoms with Crippen molar-refractivity contribution < 1.29 is 4.42 Å². The molecular weight excluding hydrogens is 382 g/mol. The lowest BCUT2D eigenvalue weighted by atomic mass is 9.95. The van der Waals surface area contributed by atoms with Gasteiger partial charge in [-0.15, -0.1) is 0 Å². The van der Waals surface area contributed by atoms with E-state index in [2.05, 4.69) is 32.3 Å². The second-order valence-electron chi connectivity index (χ2n) is 6.20. The molecule has 2 aromatic heterocycles. The van der Waals surface area contributed by atoms with Crippen molar-refractivity contribution in [3.8, 4) is 11.4 Å². The molecule has 5 rings (SSSR count). The van der Waals surface area contributed by atoms with E-state index >= 15 is 0 Å². The van der Waals surface area contributed by atoms with Gasteiger partial charge in [0.15, 0.2) is 0 Å². The van der Waals surface area contributed by atoms with Crippen LogP contribution in [0.15, 0.2) is 50.1 Å². The Kier molecular flexibility index (Phi) is 3.29. The van der Waals surface area contributed by atoms with Crippen LogP contribution in [-0.2, 0) is 13.0 Å². The number of furan rings is 1. The molecule has 0 fully saturated rings.